The van der Waals surface area contributed by atoms with Gasteiger partial charge in [-0.25, -0.2) is 0 Å². The third-order valence-corrected chi connectivity index (χ3v) is 4.96. The first kappa shape index (κ1) is 13.6. The molecule has 0 aliphatic heterocycles. The van der Waals surface area contributed by atoms with Gasteiger partial charge >= 0.3 is 0 Å². The first-order chi connectivity index (χ1) is 9.74. The number of allylic oxidation sites excluding steroid dienone is 2. The summed E-state index contributed by atoms with van der Waals surface area (Å²) in [7, 11) is 0. The lowest BCUT2D eigenvalue weighted by Crippen LogP contribution is -2.16. The number of Topliss-reactive ketones (excluding diaryl/α,β-unsaturated/α-hetero) is 1. The average Bonchev–Trinajstić information content (AvgIpc) is 2.48. The summed E-state index contributed by atoms with van der Waals surface area (Å²) >= 11 is 0. The summed E-state index contributed by atoms with van der Waals surface area (Å²) in [6.45, 7) is 2.27. The number of benzene rings is 1. The molecule has 1 aromatic rings. The number of fused-ring (bicyclic) bond motifs is 1. The Hall–Kier alpha value is -1.37. The molecule has 0 saturated heterocycles. The van der Waals surface area contributed by atoms with Gasteiger partial charge in [0.25, 0.3) is 0 Å². The SMILES string of the molecule is CC1CC=C(C(=O)CC2CCCc3ccccc32)CC1. The second kappa shape index (κ2) is 5.95. The highest BCUT2D eigenvalue weighted by molar-refractivity contribution is 5.96. The lowest BCUT2D eigenvalue weighted by atomic mass is 9.78. The molecule has 2 aliphatic rings. The molecule has 1 nitrogen and oxygen atoms in total. The first-order valence-electron chi connectivity index (χ1n) is 8.04. The van der Waals surface area contributed by atoms with Crippen molar-refractivity contribution in [3.63, 3.8) is 0 Å². The lowest BCUT2D eigenvalue weighted by Gasteiger charge is -2.26. The van der Waals surface area contributed by atoms with Crippen molar-refractivity contribution < 1.29 is 4.79 Å². The number of hydrogen-bond acceptors (Lipinski definition) is 1. The minimum Gasteiger partial charge on any atom is -0.295 e. The number of hydrogen-bond donors (Lipinski definition) is 0. The van der Waals surface area contributed by atoms with Crippen LogP contribution in [0.25, 0.3) is 0 Å². The van der Waals surface area contributed by atoms with Crippen LogP contribution < -0.4 is 0 Å². The number of rotatable bonds is 3. The number of carbonyl (C=O) groups is 1. The highest BCUT2D eigenvalue weighted by Crippen LogP contribution is 2.35. The Bertz CT molecular complexity index is 526. The molecular formula is C19H24O. The zero-order chi connectivity index (χ0) is 13.9. The van der Waals surface area contributed by atoms with Crippen LogP contribution in [0.1, 0.15) is 62.5 Å². The lowest BCUT2D eigenvalue weighted by molar-refractivity contribution is -0.116. The Morgan fingerprint density at radius 3 is 2.85 bits per heavy atom. The molecule has 0 N–H and O–H groups in total. The maximum atomic E-state index is 12.5. The van der Waals surface area contributed by atoms with Gasteiger partial charge in [0, 0.05) is 6.42 Å². The molecule has 0 aromatic heterocycles. The van der Waals surface area contributed by atoms with Crippen LogP contribution in [0.5, 0.6) is 0 Å². The van der Waals surface area contributed by atoms with Gasteiger partial charge in [-0.2, -0.15) is 0 Å². The fraction of sp³-hybridized carbons (Fsp3) is 0.526. The smallest absolute Gasteiger partial charge is 0.159 e. The Morgan fingerprint density at radius 1 is 1.20 bits per heavy atom. The average molecular weight is 268 g/mol. The monoisotopic (exact) mass is 268 g/mol. The normalized spacial score (nSPS) is 25.8. The van der Waals surface area contributed by atoms with Gasteiger partial charge in [0.05, 0.1) is 0 Å². The van der Waals surface area contributed by atoms with Crippen LogP contribution in [0, 0.1) is 5.92 Å². The van der Waals surface area contributed by atoms with Crippen LogP contribution >= 0.6 is 0 Å². The van der Waals surface area contributed by atoms with Crippen LogP contribution in [0.4, 0.5) is 0 Å². The van der Waals surface area contributed by atoms with Gasteiger partial charge in [-0.1, -0.05) is 37.3 Å². The third kappa shape index (κ3) is 2.87. The summed E-state index contributed by atoms with van der Waals surface area (Å²) in [4.78, 5) is 12.5. The Morgan fingerprint density at radius 2 is 2.05 bits per heavy atom. The number of ketones is 1. The fourth-order valence-electron chi connectivity index (χ4n) is 3.64. The maximum absolute atomic E-state index is 12.5. The van der Waals surface area contributed by atoms with E-state index < -0.39 is 0 Å². The van der Waals surface area contributed by atoms with Gasteiger partial charge in [0.2, 0.25) is 0 Å². The molecule has 0 amide bonds. The van der Waals surface area contributed by atoms with Crippen LogP contribution in [-0.2, 0) is 11.2 Å². The van der Waals surface area contributed by atoms with Crippen molar-refractivity contribution in [2.75, 3.05) is 0 Å². The van der Waals surface area contributed by atoms with Crippen molar-refractivity contribution in [3.05, 3.63) is 47.0 Å². The molecular weight excluding hydrogens is 244 g/mol. The van der Waals surface area contributed by atoms with Crippen LogP contribution in [0.2, 0.25) is 0 Å². The molecule has 0 heterocycles. The van der Waals surface area contributed by atoms with Crippen LogP contribution in [0.15, 0.2) is 35.9 Å². The molecule has 1 aromatic carbocycles. The van der Waals surface area contributed by atoms with E-state index in [0.29, 0.717) is 11.7 Å². The number of aryl methyl sites for hydroxylation is 1. The molecule has 2 unspecified atom stereocenters. The Labute approximate surface area is 122 Å². The van der Waals surface area contributed by atoms with Gasteiger partial charge in [-0.05, 0) is 67.1 Å². The van der Waals surface area contributed by atoms with Crippen molar-refractivity contribution in [1.29, 1.82) is 0 Å². The summed E-state index contributed by atoms with van der Waals surface area (Å²) in [5.41, 5.74) is 3.99. The van der Waals surface area contributed by atoms with Gasteiger partial charge in [-0.3, -0.25) is 4.79 Å². The molecule has 0 spiro atoms. The van der Waals surface area contributed by atoms with E-state index >= 15 is 0 Å². The van der Waals surface area contributed by atoms with E-state index in [1.807, 2.05) is 0 Å². The molecule has 2 aliphatic carbocycles. The fourth-order valence-corrected chi connectivity index (χ4v) is 3.64. The van der Waals surface area contributed by atoms with Gasteiger partial charge in [0.15, 0.2) is 5.78 Å². The second-order valence-corrected chi connectivity index (χ2v) is 6.52. The molecule has 0 saturated carbocycles. The Balaban J connectivity index is 1.71. The van der Waals surface area contributed by atoms with E-state index in [1.54, 1.807) is 0 Å². The standard InChI is InChI=1S/C19H24O/c1-14-9-11-16(12-10-14)19(20)13-17-7-4-6-15-5-2-3-8-18(15)17/h2-3,5,8,11,14,17H,4,6-7,9-10,12-13H2,1H3. The molecule has 106 valence electrons. The summed E-state index contributed by atoms with van der Waals surface area (Å²) < 4.78 is 0. The van der Waals surface area contributed by atoms with Crippen molar-refractivity contribution >= 4 is 5.78 Å². The largest absolute Gasteiger partial charge is 0.295 e. The van der Waals surface area contributed by atoms with E-state index in [-0.39, 0.29) is 0 Å². The highest BCUT2D eigenvalue weighted by atomic mass is 16.1. The van der Waals surface area contributed by atoms with E-state index in [9.17, 15) is 4.79 Å². The quantitative estimate of drug-likeness (QED) is 0.768. The van der Waals surface area contributed by atoms with E-state index in [4.69, 9.17) is 0 Å². The summed E-state index contributed by atoms with van der Waals surface area (Å²) in [5.74, 6) is 1.60. The van der Waals surface area contributed by atoms with E-state index in [2.05, 4.69) is 37.3 Å². The molecule has 0 bridgehead atoms. The third-order valence-electron chi connectivity index (χ3n) is 4.96. The topological polar surface area (TPSA) is 17.1 Å². The zero-order valence-electron chi connectivity index (χ0n) is 12.4. The van der Waals surface area contributed by atoms with Gasteiger partial charge < -0.3 is 0 Å². The highest BCUT2D eigenvalue weighted by Gasteiger charge is 2.24. The molecule has 20 heavy (non-hydrogen) atoms. The van der Waals surface area contributed by atoms with Gasteiger partial charge in [-0.15, -0.1) is 0 Å². The van der Waals surface area contributed by atoms with Crippen molar-refractivity contribution in [2.24, 2.45) is 5.92 Å². The Kier molecular flexibility index (Phi) is 4.05. The summed E-state index contributed by atoms with van der Waals surface area (Å²) in [6, 6.07) is 8.69. The molecule has 1 heteroatoms. The second-order valence-electron chi connectivity index (χ2n) is 6.52. The predicted molar refractivity (Wildman–Crippen MR) is 82.8 cm³/mol. The summed E-state index contributed by atoms with van der Waals surface area (Å²) in [6.07, 6.45) is 9.76. The molecule has 0 radical (unpaired) electrons. The van der Waals surface area contributed by atoms with Crippen molar-refractivity contribution in [1.82, 2.24) is 0 Å². The maximum Gasteiger partial charge on any atom is 0.159 e. The minimum absolute atomic E-state index is 0.401. The first-order valence-corrected chi connectivity index (χ1v) is 8.04. The van der Waals surface area contributed by atoms with E-state index in [1.165, 1.54) is 36.8 Å². The zero-order valence-corrected chi connectivity index (χ0v) is 12.4. The minimum atomic E-state index is 0.401. The summed E-state index contributed by atoms with van der Waals surface area (Å²) in [5, 5.41) is 0. The molecule has 3 rings (SSSR count). The van der Waals surface area contributed by atoms with E-state index in [0.717, 1.165) is 30.8 Å². The van der Waals surface area contributed by atoms with Crippen molar-refractivity contribution in [2.45, 2.75) is 57.8 Å². The molecule has 2 atom stereocenters. The van der Waals surface area contributed by atoms with Crippen molar-refractivity contribution in [3.8, 4) is 0 Å². The van der Waals surface area contributed by atoms with Crippen LogP contribution in [0.3, 0.4) is 0 Å². The van der Waals surface area contributed by atoms with Crippen LogP contribution in [-0.4, -0.2) is 5.78 Å². The predicted octanol–water partition coefficient (Wildman–Crippen LogP) is 4.81. The van der Waals surface area contributed by atoms with Gasteiger partial charge in [0.1, 0.15) is 0 Å². The molecule has 0 fully saturated rings. The number of carbonyl (C=O) groups excluding carboxylic acids is 1.